The van der Waals surface area contributed by atoms with Crippen molar-refractivity contribution in [3.8, 4) is 11.5 Å². The molecular weight excluding hydrogens is 564 g/mol. The molecule has 0 spiro atoms. The molecule has 2 fully saturated rings. The first-order chi connectivity index (χ1) is 21.9. The number of piperazine rings is 1. The number of benzene rings is 4. The van der Waals surface area contributed by atoms with E-state index in [1.165, 1.54) is 11.3 Å². The Morgan fingerprint density at radius 1 is 0.711 bits per heavy atom. The number of phenolic OH excluding ortho intramolecular Hbond substituents is 2. The number of imide groups is 1. The number of nitrogens with one attached hydrogen (secondary N) is 1. The Kier molecular flexibility index (Phi) is 8.84. The normalized spacial score (nSPS) is 16.4. The summed E-state index contributed by atoms with van der Waals surface area (Å²) in [5, 5.41) is 22.2. The summed E-state index contributed by atoms with van der Waals surface area (Å²) < 4.78 is 0. The van der Waals surface area contributed by atoms with Crippen molar-refractivity contribution >= 4 is 34.5 Å². The number of anilines is 2. The lowest BCUT2D eigenvalue weighted by Gasteiger charge is -2.36. The Labute approximate surface area is 263 Å². The van der Waals surface area contributed by atoms with Gasteiger partial charge in [-0.15, -0.1) is 0 Å². The molecule has 0 bridgehead atoms. The van der Waals surface area contributed by atoms with Gasteiger partial charge >= 0.3 is 6.03 Å². The van der Waals surface area contributed by atoms with E-state index >= 15 is 0 Å². The summed E-state index contributed by atoms with van der Waals surface area (Å²) in [6, 6.07) is 31.1. The number of phenols is 2. The fourth-order valence-corrected chi connectivity index (χ4v) is 6.23. The quantitative estimate of drug-likeness (QED) is 0.207. The number of amides is 3. The highest BCUT2D eigenvalue weighted by molar-refractivity contribution is 6.05. The maximum atomic E-state index is 12.3. The topological polar surface area (TPSA) is 96.4 Å². The van der Waals surface area contributed by atoms with Crippen molar-refractivity contribution in [1.82, 2.24) is 10.2 Å². The van der Waals surface area contributed by atoms with Gasteiger partial charge in [-0.05, 0) is 88.4 Å². The lowest BCUT2D eigenvalue weighted by Crippen LogP contribution is -2.49. The maximum absolute atomic E-state index is 12.3. The van der Waals surface area contributed by atoms with Gasteiger partial charge in [0.25, 0.3) is 0 Å². The van der Waals surface area contributed by atoms with E-state index in [9.17, 15) is 19.8 Å². The van der Waals surface area contributed by atoms with Crippen LogP contribution >= 0.6 is 0 Å². The largest absolute Gasteiger partial charge is 0.508 e. The molecule has 4 aromatic carbocycles. The zero-order valence-electron chi connectivity index (χ0n) is 25.4. The lowest BCUT2D eigenvalue weighted by molar-refractivity contribution is -0.120. The molecule has 3 amide bonds. The number of carbonyl (C=O) groups is 2. The van der Waals surface area contributed by atoms with Crippen LogP contribution in [0.4, 0.5) is 16.2 Å². The van der Waals surface area contributed by atoms with E-state index in [1.54, 1.807) is 29.2 Å². The minimum Gasteiger partial charge on any atom is -0.508 e. The lowest BCUT2D eigenvalue weighted by atomic mass is 9.88. The van der Waals surface area contributed by atoms with Gasteiger partial charge in [0.1, 0.15) is 11.5 Å². The maximum Gasteiger partial charge on any atom is 0.328 e. The minimum absolute atomic E-state index is 0.228. The molecule has 2 heterocycles. The van der Waals surface area contributed by atoms with Crippen molar-refractivity contribution in [3.63, 3.8) is 0 Å². The van der Waals surface area contributed by atoms with Gasteiger partial charge in [0.15, 0.2) is 0 Å². The number of nitrogens with zero attached hydrogens (tertiary/aromatic N) is 3. The number of hydrogen-bond donors (Lipinski definition) is 3. The van der Waals surface area contributed by atoms with Gasteiger partial charge in [-0.3, -0.25) is 19.9 Å². The van der Waals surface area contributed by atoms with E-state index < -0.39 is 0 Å². The average Bonchev–Trinajstić information content (AvgIpc) is 3.05. The van der Waals surface area contributed by atoms with Crippen molar-refractivity contribution in [2.45, 2.75) is 26.3 Å². The summed E-state index contributed by atoms with van der Waals surface area (Å²) in [5.41, 5.74) is 8.59. The zero-order valence-corrected chi connectivity index (χ0v) is 25.4. The molecule has 0 aliphatic carbocycles. The molecule has 45 heavy (non-hydrogen) atoms. The Balaban J connectivity index is 1.15. The number of rotatable bonds is 8. The van der Waals surface area contributed by atoms with Crippen LogP contribution < -0.4 is 15.1 Å². The van der Waals surface area contributed by atoms with Crippen LogP contribution in [0.3, 0.4) is 0 Å². The Morgan fingerprint density at radius 2 is 1.31 bits per heavy atom. The van der Waals surface area contributed by atoms with Crippen LogP contribution in [0.5, 0.6) is 11.5 Å². The Hall–Kier alpha value is -5.08. The predicted molar refractivity (Wildman–Crippen MR) is 178 cm³/mol. The monoisotopic (exact) mass is 602 g/mol. The second-order valence-corrected chi connectivity index (χ2v) is 11.5. The SMILES string of the molecule is CCC(=C(c1ccc(O)cc1)c1ccc(N2CCN(Cc3cccc(N4CCC(=O)NC4=O)c3)CC2)cc1)c1ccc(O)cc1. The van der Waals surface area contributed by atoms with E-state index in [1.807, 2.05) is 42.5 Å². The van der Waals surface area contributed by atoms with Gasteiger partial charge in [0, 0.05) is 57.1 Å². The third kappa shape index (κ3) is 6.86. The summed E-state index contributed by atoms with van der Waals surface area (Å²) in [7, 11) is 0. The number of carbonyl (C=O) groups excluding carboxylic acids is 2. The van der Waals surface area contributed by atoms with E-state index in [4.69, 9.17) is 0 Å². The van der Waals surface area contributed by atoms with Gasteiger partial charge in [0.2, 0.25) is 5.91 Å². The summed E-state index contributed by atoms with van der Waals surface area (Å²) in [6.45, 7) is 6.99. The first kappa shape index (κ1) is 30.0. The predicted octanol–water partition coefficient (Wildman–Crippen LogP) is 6.24. The summed E-state index contributed by atoms with van der Waals surface area (Å²) in [6.07, 6.45) is 1.12. The second kappa shape index (κ2) is 13.3. The van der Waals surface area contributed by atoms with Gasteiger partial charge in [-0.1, -0.05) is 55.5 Å². The van der Waals surface area contributed by atoms with Crippen LogP contribution in [0, 0.1) is 0 Å². The first-order valence-corrected chi connectivity index (χ1v) is 15.5. The van der Waals surface area contributed by atoms with Crippen LogP contribution in [0.15, 0.2) is 97.1 Å². The van der Waals surface area contributed by atoms with E-state index in [0.29, 0.717) is 13.0 Å². The molecule has 0 saturated carbocycles. The number of urea groups is 1. The summed E-state index contributed by atoms with van der Waals surface area (Å²) in [4.78, 5) is 30.3. The van der Waals surface area contributed by atoms with Crippen LogP contribution in [-0.2, 0) is 11.3 Å². The standard InChI is InChI=1S/C37H38N4O4/c1-2-34(27-8-14-32(42)15-9-27)36(29-10-16-33(43)17-11-29)28-6-12-30(13-7-28)40-22-20-39(21-23-40)25-26-4-3-5-31(24-26)41-19-18-35(44)38-37(41)45/h3-17,24,42-43H,2,18-23,25H2,1H3,(H,38,44,45). The highest BCUT2D eigenvalue weighted by Crippen LogP contribution is 2.36. The second-order valence-electron chi connectivity index (χ2n) is 11.5. The third-order valence-corrected chi connectivity index (χ3v) is 8.60. The molecule has 6 rings (SSSR count). The molecule has 0 aromatic heterocycles. The van der Waals surface area contributed by atoms with E-state index in [-0.39, 0.29) is 23.4 Å². The summed E-state index contributed by atoms with van der Waals surface area (Å²) >= 11 is 0. The zero-order chi connectivity index (χ0) is 31.3. The molecule has 0 atom stereocenters. The van der Waals surface area contributed by atoms with Crippen molar-refractivity contribution in [1.29, 1.82) is 0 Å². The molecule has 8 heteroatoms. The fraction of sp³-hybridized carbons (Fsp3) is 0.243. The number of hydrogen-bond acceptors (Lipinski definition) is 6. The van der Waals surface area contributed by atoms with Crippen LogP contribution in [-0.4, -0.2) is 59.8 Å². The van der Waals surface area contributed by atoms with Crippen molar-refractivity contribution in [3.05, 3.63) is 119 Å². The highest BCUT2D eigenvalue weighted by Gasteiger charge is 2.25. The molecule has 3 N–H and O–H groups in total. The Bertz CT molecular complexity index is 1690. The van der Waals surface area contributed by atoms with Crippen molar-refractivity contribution < 1.29 is 19.8 Å². The van der Waals surface area contributed by atoms with Gasteiger partial charge in [-0.25, -0.2) is 4.79 Å². The van der Waals surface area contributed by atoms with Crippen molar-refractivity contribution in [2.75, 3.05) is 42.5 Å². The average molecular weight is 603 g/mol. The fourth-order valence-electron chi connectivity index (χ4n) is 6.23. The first-order valence-electron chi connectivity index (χ1n) is 15.5. The van der Waals surface area contributed by atoms with Gasteiger partial charge in [0.05, 0.1) is 0 Å². The van der Waals surface area contributed by atoms with E-state index in [2.05, 4.69) is 52.4 Å². The molecule has 230 valence electrons. The minimum atomic E-state index is -0.361. The smallest absolute Gasteiger partial charge is 0.328 e. The molecule has 4 aromatic rings. The molecule has 2 aliphatic rings. The molecule has 0 radical (unpaired) electrons. The van der Waals surface area contributed by atoms with Crippen LogP contribution in [0.1, 0.15) is 42.0 Å². The van der Waals surface area contributed by atoms with Crippen molar-refractivity contribution in [2.24, 2.45) is 0 Å². The summed E-state index contributed by atoms with van der Waals surface area (Å²) in [5.74, 6) is 0.243. The van der Waals surface area contributed by atoms with Gasteiger partial charge < -0.3 is 15.1 Å². The molecule has 2 aliphatic heterocycles. The van der Waals surface area contributed by atoms with E-state index in [0.717, 1.165) is 72.7 Å². The van der Waals surface area contributed by atoms with Crippen LogP contribution in [0.25, 0.3) is 11.1 Å². The molecule has 2 saturated heterocycles. The number of aromatic hydroxyl groups is 2. The molecular formula is C37H38N4O4. The third-order valence-electron chi connectivity index (χ3n) is 8.60. The number of allylic oxidation sites excluding steroid dienone is 1. The highest BCUT2D eigenvalue weighted by atomic mass is 16.3. The molecule has 8 nitrogen and oxygen atoms in total. The van der Waals surface area contributed by atoms with Gasteiger partial charge in [-0.2, -0.15) is 0 Å². The molecule has 0 unspecified atom stereocenters. The Morgan fingerprint density at radius 3 is 1.91 bits per heavy atom. The van der Waals surface area contributed by atoms with Crippen LogP contribution in [0.2, 0.25) is 0 Å².